The molecule has 268 valence electrons. The summed E-state index contributed by atoms with van der Waals surface area (Å²) in [4.78, 5) is 10.3. The van der Waals surface area contributed by atoms with Crippen LogP contribution in [0.1, 0.15) is 202 Å². The molecule has 2 N–H and O–H groups in total. The predicted molar refractivity (Wildman–Crippen MR) is 197 cm³/mol. The highest BCUT2D eigenvalue weighted by Gasteiger charge is 2.59. The summed E-state index contributed by atoms with van der Waals surface area (Å²) in [7, 11) is 0. The fourth-order valence-electron chi connectivity index (χ4n) is 11.0. The summed E-state index contributed by atoms with van der Waals surface area (Å²) >= 11 is 0. The van der Waals surface area contributed by atoms with Gasteiger partial charge in [0.1, 0.15) is 0 Å². The third kappa shape index (κ3) is 11.4. The zero-order chi connectivity index (χ0) is 33.6. The molecule has 8 atom stereocenters. The van der Waals surface area contributed by atoms with E-state index in [1.807, 2.05) is 0 Å². The van der Waals surface area contributed by atoms with Crippen LogP contribution in [0.3, 0.4) is 0 Å². The zero-order valence-electron chi connectivity index (χ0n) is 31.6. The van der Waals surface area contributed by atoms with Crippen LogP contribution in [0.2, 0.25) is 0 Å². The Morgan fingerprint density at radius 2 is 1.39 bits per heavy atom. The van der Waals surface area contributed by atoms with Crippen molar-refractivity contribution >= 4 is 5.97 Å². The van der Waals surface area contributed by atoms with Gasteiger partial charge >= 0.3 is 5.97 Å². The lowest BCUT2D eigenvalue weighted by Crippen LogP contribution is -2.50. The van der Waals surface area contributed by atoms with E-state index in [1.54, 1.807) is 5.57 Å². The maximum absolute atomic E-state index is 10.3. The quantitative estimate of drug-likeness (QED) is 0.109. The molecule has 0 aromatic carbocycles. The molecule has 0 aliphatic heterocycles. The van der Waals surface area contributed by atoms with Crippen LogP contribution < -0.4 is 0 Å². The molecule has 4 aliphatic carbocycles. The highest BCUT2D eigenvalue weighted by Crippen LogP contribution is 2.67. The Morgan fingerprint density at radius 3 is 1.98 bits per heavy atom. The van der Waals surface area contributed by atoms with Crippen molar-refractivity contribution in [3.63, 3.8) is 0 Å². The maximum atomic E-state index is 10.3. The van der Waals surface area contributed by atoms with Crippen LogP contribution in [0.15, 0.2) is 11.6 Å². The largest absolute Gasteiger partial charge is 0.481 e. The van der Waals surface area contributed by atoms with E-state index in [0.29, 0.717) is 17.3 Å². The van der Waals surface area contributed by atoms with Crippen LogP contribution in [-0.4, -0.2) is 22.3 Å². The monoisotopic (exact) mass is 643 g/mol. The molecule has 4 aliphatic rings. The molecule has 0 radical (unpaired) electrons. The molecule has 3 nitrogen and oxygen atoms in total. The molecular formula is C43H78O3. The number of rotatable bonds is 19. The van der Waals surface area contributed by atoms with E-state index in [-0.39, 0.29) is 6.10 Å². The molecule has 0 bridgehead atoms. The van der Waals surface area contributed by atoms with Gasteiger partial charge in [0, 0.05) is 6.42 Å². The molecular weight excluding hydrogens is 564 g/mol. The number of fused-ring (bicyclic) bond motifs is 5. The minimum absolute atomic E-state index is 0.0766. The lowest BCUT2D eigenvalue weighted by Gasteiger charge is -2.58. The Morgan fingerprint density at radius 1 is 0.783 bits per heavy atom. The number of hydrogen-bond donors (Lipinski definition) is 2. The third-order valence-corrected chi connectivity index (χ3v) is 13.8. The highest BCUT2D eigenvalue weighted by molar-refractivity contribution is 5.66. The van der Waals surface area contributed by atoms with Crippen molar-refractivity contribution in [3.05, 3.63) is 11.6 Å². The van der Waals surface area contributed by atoms with Crippen LogP contribution in [0.4, 0.5) is 0 Å². The van der Waals surface area contributed by atoms with Gasteiger partial charge in [-0.15, -0.1) is 0 Å². The number of allylic oxidation sites excluding steroid dienone is 1. The molecule has 4 rings (SSSR count). The average Bonchev–Trinajstić information content (AvgIpc) is 3.37. The molecule has 0 aromatic heterocycles. The van der Waals surface area contributed by atoms with Gasteiger partial charge in [0.2, 0.25) is 0 Å². The topological polar surface area (TPSA) is 57.5 Å². The van der Waals surface area contributed by atoms with Gasteiger partial charge < -0.3 is 10.2 Å². The summed E-state index contributed by atoms with van der Waals surface area (Å²) in [5, 5.41) is 18.7. The smallest absolute Gasteiger partial charge is 0.303 e. The minimum atomic E-state index is -0.655. The summed E-state index contributed by atoms with van der Waals surface area (Å²) in [5.41, 5.74) is 2.60. The number of carboxylic acid groups (broad SMARTS) is 1. The molecule has 1 unspecified atom stereocenters. The molecule has 3 saturated carbocycles. The Bertz CT molecular complexity index is 892. The predicted octanol–water partition coefficient (Wildman–Crippen LogP) is 12.9. The van der Waals surface area contributed by atoms with Crippen LogP contribution in [0, 0.1) is 46.3 Å². The first-order valence-corrected chi connectivity index (χ1v) is 20.6. The first kappa shape index (κ1) is 39.6. The van der Waals surface area contributed by atoms with Crippen LogP contribution in [0.5, 0.6) is 0 Å². The molecule has 0 aromatic rings. The molecule has 0 spiro atoms. The lowest BCUT2D eigenvalue weighted by atomic mass is 9.47. The summed E-state index contributed by atoms with van der Waals surface area (Å²) in [5.74, 6) is 4.80. The zero-order valence-corrected chi connectivity index (χ0v) is 31.6. The number of aliphatic carboxylic acids is 1. The second-order valence-corrected chi connectivity index (χ2v) is 17.6. The fraction of sp³-hybridized carbons (Fsp3) is 0.930. The number of unbranched alkanes of at least 4 members (excludes halogenated alkanes) is 12. The van der Waals surface area contributed by atoms with Crippen LogP contribution in [0.25, 0.3) is 0 Å². The first-order chi connectivity index (χ1) is 22.0. The number of aliphatic hydroxyl groups excluding tert-OH is 1. The first-order valence-electron chi connectivity index (χ1n) is 20.6. The molecule has 3 fully saturated rings. The minimum Gasteiger partial charge on any atom is -0.481 e. The van der Waals surface area contributed by atoms with E-state index in [2.05, 4.69) is 47.6 Å². The van der Waals surface area contributed by atoms with Crippen molar-refractivity contribution in [2.24, 2.45) is 46.3 Å². The van der Waals surface area contributed by atoms with E-state index in [9.17, 15) is 9.90 Å². The Labute approximate surface area is 286 Å². The van der Waals surface area contributed by atoms with Gasteiger partial charge in [0.05, 0.1) is 6.10 Å². The Balaban J connectivity index is 0.000000280. The number of hydrogen-bond acceptors (Lipinski definition) is 2. The molecule has 0 heterocycles. The second-order valence-electron chi connectivity index (χ2n) is 17.6. The summed E-state index contributed by atoms with van der Waals surface area (Å²) < 4.78 is 0. The maximum Gasteiger partial charge on any atom is 0.303 e. The van der Waals surface area contributed by atoms with Crippen LogP contribution in [-0.2, 0) is 4.79 Å². The third-order valence-electron chi connectivity index (χ3n) is 13.8. The van der Waals surface area contributed by atoms with E-state index >= 15 is 0 Å². The Kier molecular flexibility index (Phi) is 17.2. The van der Waals surface area contributed by atoms with Gasteiger partial charge in [-0.05, 0) is 104 Å². The van der Waals surface area contributed by atoms with E-state index in [1.165, 1.54) is 128 Å². The number of carbonyl (C=O) groups is 1. The van der Waals surface area contributed by atoms with Crippen molar-refractivity contribution in [1.82, 2.24) is 0 Å². The summed E-state index contributed by atoms with van der Waals surface area (Å²) in [6.45, 7) is 14.8. The van der Waals surface area contributed by atoms with Gasteiger partial charge in [-0.25, -0.2) is 0 Å². The van der Waals surface area contributed by atoms with Crippen molar-refractivity contribution in [2.75, 3.05) is 0 Å². The second kappa shape index (κ2) is 20.0. The van der Waals surface area contributed by atoms with Crippen molar-refractivity contribution in [3.8, 4) is 0 Å². The molecule has 46 heavy (non-hydrogen) atoms. The summed E-state index contributed by atoms with van der Waals surface area (Å²) in [6, 6.07) is 0. The van der Waals surface area contributed by atoms with Crippen molar-refractivity contribution in [2.45, 2.75) is 208 Å². The van der Waals surface area contributed by atoms with Crippen molar-refractivity contribution < 1.29 is 15.0 Å². The summed E-state index contributed by atoms with van der Waals surface area (Å²) in [6.07, 6.45) is 34.4. The average molecular weight is 643 g/mol. The normalized spacial score (nSPS) is 32.5. The van der Waals surface area contributed by atoms with Crippen LogP contribution >= 0.6 is 0 Å². The fourth-order valence-corrected chi connectivity index (χ4v) is 11.0. The molecule has 0 amide bonds. The highest BCUT2D eigenvalue weighted by atomic mass is 16.4. The van der Waals surface area contributed by atoms with E-state index in [0.717, 1.165) is 61.2 Å². The van der Waals surface area contributed by atoms with Gasteiger partial charge in [0.15, 0.2) is 0 Å². The van der Waals surface area contributed by atoms with Gasteiger partial charge in [-0.2, -0.15) is 0 Å². The van der Waals surface area contributed by atoms with Gasteiger partial charge in [-0.1, -0.05) is 150 Å². The SMILES string of the molecule is CC(C)CCCC(C)[C@H]1CC[C@H]2[C@@H]3CC=C4C[C@@H](O)CC[C@]4(C)[C@H]3CC[C@]12C.CCCCCCCCCCCCCCCC(=O)O. The lowest BCUT2D eigenvalue weighted by molar-refractivity contribution is -0.137. The van der Waals surface area contributed by atoms with Crippen molar-refractivity contribution in [1.29, 1.82) is 0 Å². The Hall–Kier alpha value is -0.830. The number of aliphatic hydroxyl groups is 1. The standard InChI is InChI=1S/C27H46O.C16H32O2/c1-18(2)7-6-8-19(3)23-11-12-24-22-10-9-20-17-21(28)13-15-26(20,4)25(22)14-16-27(23,24)5;1-2-3-4-5-6-7-8-9-10-11-12-13-14-15-16(17)18/h9,18-19,21-25,28H,6-8,10-17H2,1-5H3;2-15H2,1H3,(H,17,18)/t19?,21-,22-,23+,24-,25-,26-,27+;/m0./s1. The van der Waals surface area contributed by atoms with E-state index in [4.69, 9.17) is 5.11 Å². The number of carboxylic acids is 1. The molecule has 3 heteroatoms. The van der Waals surface area contributed by atoms with Gasteiger partial charge in [-0.3, -0.25) is 4.79 Å². The van der Waals surface area contributed by atoms with E-state index < -0.39 is 5.97 Å². The van der Waals surface area contributed by atoms with Gasteiger partial charge in [0.25, 0.3) is 0 Å². The molecule has 0 saturated heterocycles.